The summed E-state index contributed by atoms with van der Waals surface area (Å²) in [5.41, 5.74) is 1.19. The van der Waals surface area contributed by atoms with Crippen LogP contribution in [0.3, 0.4) is 0 Å². The van der Waals surface area contributed by atoms with Gasteiger partial charge in [0.15, 0.2) is 6.10 Å². The Balaban J connectivity index is 1.65. The molecule has 1 heterocycles. The van der Waals surface area contributed by atoms with Gasteiger partial charge in [-0.15, -0.1) is 11.8 Å². The van der Waals surface area contributed by atoms with Gasteiger partial charge in [-0.25, -0.2) is 9.18 Å². The van der Waals surface area contributed by atoms with Crippen molar-refractivity contribution < 1.29 is 23.5 Å². The van der Waals surface area contributed by atoms with Crippen molar-refractivity contribution in [2.75, 3.05) is 16.4 Å². The van der Waals surface area contributed by atoms with Gasteiger partial charge in [0, 0.05) is 22.8 Å². The van der Waals surface area contributed by atoms with Gasteiger partial charge >= 0.3 is 5.97 Å². The fourth-order valence-corrected chi connectivity index (χ4v) is 3.34. The van der Waals surface area contributed by atoms with Crippen LogP contribution in [0.15, 0.2) is 47.4 Å². The number of hydrogen-bond acceptors (Lipinski definition) is 5. The number of amides is 2. The lowest BCUT2D eigenvalue weighted by Gasteiger charge is -2.14. The van der Waals surface area contributed by atoms with E-state index in [0.29, 0.717) is 23.5 Å². The van der Waals surface area contributed by atoms with E-state index in [1.165, 1.54) is 43.0 Å². The summed E-state index contributed by atoms with van der Waals surface area (Å²) in [5, 5.41) is 5.30. The molecule has 0 aromatic heterocycles. The molecule has 27 heavy (non-hydrogen) atoms. The maximum Gasteiger partial charge on any atom is 0.338 e. The molecule has 0 saturated heterocycles. The van der Waals surface area contributed by atoms with Crippen molar-refractivity contribution in [3.05, 3.63) is 53.8 Å². The average molecular weight is 388 g/mol. The smallest absolute Gasteiger partial charge is 0.338 e. The Kier molecular flexibility index (Phi) is 5.75. The highest BCUT2D eigenvalue weighted by atomic mass is 32.2. The van der Waals surface area contributed by atoms with Gasteiger partial charge in [0.05, 0.1) is 11.3 Å². The number of fused-ring (bicyclic) bond motifs is 1. The van der Waals surface area contributed by atoms with Crippen molar-refractivity contribution >= 4 is 40.9 Å². The van der Waals surface area contributed by atoms with Gasteiger partial charge in [0.1, 0.15) is 5.82 Å². The first-order valence-corrected chi connectivity index (χ1v) is 9.25. The number of thioether (sulfide) groups is 1. The van der Waals surface area contributed by atoms with Crippen molar-refractivity contribution in [1.82, 2.24) is 0 Å². The third-order valence-corrected chi connectivity index (χ3v) is 4.92. The Morgan fingerprint density at radius 1 is 1.22 bits per heavy atom. The maximum absolute atomic E-state index is 12.9. The van der Waals surface area contributed by atoms with Crippen LogP contribution in [0, 0.1) is 5.82 Å². The Labute approximate surface area is 159 Å². The second-order valence-corrected chi connectivity index (χ2v) is 7.04. The van der Waals surface area contributed by atoms with Crippen molar-refractivity contribution in [2.24, 2.45) is 0 Å². The van der Waals surface area contributed by atoms with Gasteiger partial charge in [0.25, 0.3) is 5.91 Å². The number of ether oxygens (including phenoxy) is 1. The van der Waals surface area contributed by atoms with Crippen LogP contribution < -0.4 is 10.6 Å². The number of hydrogen-bond donors (Lipinski definition) is 2. The first-order chi connectivity index (χ1) is 12.9. The minimum absolute atomic E-state index is 0.112. The highest BCUT2D eigenvalue weighted by Gasteiger charge is 2.21. The Hall–Kier alpha value is -2.87. The van der Waals surface area contributed by atoms with E-state index in [1.807, 2.05) is 0 Å². The molecule has 1 aliphatic heterocycles. The first-order valence-electron chi connectivity index (χ1n) is 8.26. The van der Waals surface area contributed by atoms with Crippen LogP contribution >= 0.6 is 11.8 Å². The summed E-state index contributed by atoms with van der Waals surface area (Å²) in [5.74, 6) is -1.07. The van der Waals surface area contributed by atoms with Crippen molar-refractivity contribution in [2.45, 2.75) is 24.3 Å². The summed E-state index contributed by atoms with van der Waals surface area (Å²) in [7, 11) is 0. The molecule has 0 aliphatic carbocycles. The molecule has 140 valence electrons. The number of rotatable bonds is 4. The second kappa shape index (κ2) is 8.22. The molecule has 2 aromatic rings. The Morgan fingerprint density at radius 2 is 1.96 bits per heavy atom. The molecule has 2 amide bonds. The second-order valence-electron chi connectivity index (χ2n) is 5.90. The highest BCUT2D eigenvalue weighted by molar-refractivity contribution is 7.99. The molecule has 3 rings (SSSR count). The minimum atomic E-state index is -1.05. The predicted octanol–water partition coefficient (Wildman–Crippen LogP) is 3.44. The van der Waals surface area contributed by atoms with Crippen LogP contribution in [0.2, 0.25) is 0 Å². The van der Waals surface area contributed by atoms with Crippen LogP contribution in [0.5, 0.6) is 0 Å². The molecule has 1 atom stereocenters. The van der Waals surface area contributed by atoms with Crippen LogP contribution in [0.25, 0.3) is 0 Å². The van der Waals surface area contributed by atoms with E-state index in [0.717, 1.165) is 4.90 Å². The zero-order chi connectivity index (χ0) is 19.4. The van der Waals surface area contributed by atoms with Gasteiger partial charge in [-0.3, -0.25) is 9.59 Å². The number of halogens is 1. The molecule has 0 saturated carbocycles. The number of carbonyl (C=O) groups excluding carboxylic acids is 3. The SMILES string of the molecule is C[C@H](OC(=O)c1ccc2c(c1)NC(=O)CCS2)C(=O)Nc1ccc(F)cc1. The summed E-state index contributed by atoms with van der Waals surface area (Å²) >= 11 is 1.53. The zero-order valence-corrected chi connectivity index (χ0v) is 15.3. The predicted molar refractivity (Wildman–Crippen MR) is 100 cm³/mol. The molecule has 1 aliphatic rings. The van der Waals surface area contributed by atoms with Gasteiger partial charge in [-0.2, -0.15) is 0 Å². The molecule has 0 spiro atoms. The van der Waals surface area contributed by atoms with Gasteiger partial charge in [0.2, 0.25) is 5.91 Å². The number of esters is 1. The molecule has 2 aromatic carbocycles. The van der Waals surface area contributed by atoms with Gasteiger partial charge < -0.3 is 15.4 Å². The molecule has 6 nitrogen and oxygen atoms in total. The van der Waals surface area contributed by atoms with Crippen molar-refractivity contribution in [3.8, 4) is 0 Å². The summed E-state index contributed by atoms with van der Waals surface area (Å²) in [6.45, 7) is 1.44. The van der Waals surface area contributed by atoms with E-state index < -0.39 is 23.8 Å². The zero-order valence-electron chi connectivity index (χ0n) is 14.5. The van der Waals surface area contributed by atoms with Crippen LogP contribution in [0.1, 0.15) is 23.7 Å². The standard InChI is InChI=1S/C19H17FN2O4S/c1-11(18(24)21-14-5-3-13(20)4-6-14)26-19(25)12-2-7-16-15(10-12)22-17(23)8-9-27-16/h2-7,10-11H,8-9H2,1H3,(H,21,24)(H,22,23)/t11-/m0/s1. The molecule has 0 radical (unpaired) electrons. The summed E-state index contributed by atoms with van der Waals surface area (Å²) in [4.78, 5) is 37.0. The molecule has 0 fully saturated rings. The molecular weight excluding hydrogens is 371 g/mol. The lowest BCUT2D eigenvalue weighted by molar-refractivity contribution is -0.123. The van der Waals surface area contributed by atoms with Crippen molar-refractivity contribution in [1.29, 1.82) is 0 Å². The summed E-state index contributed by atoms with van der Waals surface area (Å²) in [6, 6.07) is 10.1. The topological polar surface area (TPSA) is 84.5 Å². The largest absolute Gasteiger partial charge is 0.449 e. The number of benzene rings is 2. The van der Waals surface area contributed by atoms with Gasteiger partial charge in [-0.05, 0) is 49.4 Å². The minimum Gasteiger partial charge on any atom is -0.449 e. The Morgan fingerprint density at radius 3 is 2.70 bits per heavy atom. The highest BCUT2D eigenvalue weighted by Crippen LogP contribution is 2.31. The fourth-order valence-electron chi connectivity index (χ4n) is 2.41. The van der Waals surface area contributed by atoms with E-state index in [2.05, 4.69) is 10.6 Å². The monoisotopic (exact) mass is 388 g/mol. The van der Waals surface area contributed by atoms with Gasteiger partial charge in [-0.1, -0.05) is 0 Å². The first kappa shape index (κ1) is 18.9. The maximum atomic E-state index is 12.9. The quantitative estimate of drug-likeness (QED) is 0.784. The van der Waals surface area contributed by atoms with E-state index in [4.69, 9.17) is 4.74 Å². The van der Waals surface area contributed by atoms with Crippen LogP contribution in [-0.2, 0) is 14.3 Å². The fraction of sp³-hybridized carbons (Fsp3) is 0.211. The molecule has 2 N–H and O–H groups in total. The number of carbonyl (C=O) groups is 3. The lowest BCUT2D eigenvalue weighted by Crippen LogP contribution is -2.30. The molecule has 8 heteroatoms. The third kappa shape index (κ3) is 4.85. The van der Waals surface area contributed by atoms with Crippen molar-refractivity contribution in [3.63, 3.8) is 0 Å². The lowest BCUT2D eigenvalue weighted by atomic mass is 10.2. The molecular formula is C19H17FN2O4S. The number of anilines is 2. The van der Waals surface area contributed by atoms with E-state index >= 15 is 0 Å². The third-order valence-electron chi connectivity index (χ3n) is 3.84. The molecule has 0 unspecified atom stereocenters. The van der Waals surface area contributed by atoms with E-state index in [-0.39, 0.29) is 11.5 Å². The number of nitrogens with one attached hydrogen (secondary N) is 2. The summed E-state index contributed by atoms with van der Waals surface area (Å²) in [6.07, 6.45) is -0.648. The summed E-state index contributed by atoms with van der Waals surface area (Å²) < 4.78 is 18.1. The van der Waals surface area contributed by atoms with Crippen LogP contribution in [-0.4, -0.2) is 29.6 Å². The normalized spacial score (nSPS) is 14.4. The van der Waals surface area contributed by atoms with E-state index in [1.54, 1.807) is 18.2 Å². The van der Waals surface area contributed by atoms with Crippen LogP contribution in [0.4, 0.5) is 15.8 Å². The van der Waals surface area contributed by atoms with E-state index in [9.17, 15) is 18.8 Å². The average Bonchev–Trinajstić information content (AvgIpc) is 2.83. The Bertz CT molecular complexity index is 886. The molecule has 0 bridgehead atoms.